The molecule has 0 saturated carbocycles. The van der Waals surface area contributed by atoms with Crippen molar-refractivity contribution >= 4 is 17.4 Å². The van der Waals surface area contributed by atoms with Crippen molar-refractivity contribution in [3.05, 3.63) is 23.9 Å². The predicted octanol–water partition coefficient (Wildman–Crippen LogP) is 2.83. The molecule has 1 aliphatic heterocycles. The van der Waals surface area contributed by atoms with Gasteiger partial charge < -0.3 is 9.64 Å². The van der Waals surface area contributed by atoms with E-state index < -0.39 is 0 Å². The number of ether oxygens (including phenoxy) is 1. The Labute approximate surface area is 108 Å². The Kier molecular flexibility index (Phi) is 4.63. The second-order valence-electron chi connectivity index (χ2n) is 4.33. The molecule has 0 radical (unpaired) electrons. The lowest BCUT2D eigenvalue weighted by atomic mass is 10.2. The van der Waals surface area contributed by atoms with E-state index in [1.54, 1.807) is 0 Å². The lowest BCUT2D eigenvalue weighted by Gasteiger charge is -2.25. The number of pyridine rings is 1. The summed E-state index contributed by atoms with van der Waals surface area (Å²) in [4.78, 5) is 6.71. The quantitative estimate of drug-likeness (QED) is 0.756. The first-order chi connectivity index (χ1) is 8.33. The fourth-order valence-electron chi connectivity index (χ4n) is 2.10. The number of alkyl halides is 1. The molecule has 1 fully saturated rings. The van der Waals surface area contributed by atoms with E-state index in [2.05, 4.69) is 16.8 Å². The molecule has 3 nitrogen and oxygen atoms in total. The average molecular weight is 255 g/mol. The van der Waals surface area contributed by atoms with Crippen LogP contribution in [0.2, 0.25) is 0 Å². The summed E-state index contributed by atoms with van der Waals surface area (Å²) in [6.45, 7) is 4.93. The van der Waals surface area contributed by atoms with Gasteiger partial charge >= 0.3 is 0 Å². The highest BCUT2D eigenvalue weighted by Crippen LogP contribution is 2.18. The number of nitrogens with zero attached hydrogens (tertiary/aromatic N) is 2. The molecule has 1 unspecified atom stereocenters. The molecule has 4 heteroatoms. The van der Waals surface area contributed by atoms with Crippen molar-refractivity contribution < 1.29 is 4.74 Å². The highest BCUT2D eigenvalue weighted by Gasteiger charge is 2.19. The number of aromatic nitrogens is 1. The first-order valence-corrected chi connectivity index (χ1v) is 6.74. The Morgan fingerprint density at radius 2 is 2.41 bits per heavy atom. The molecule has 1 aliphatic rings. The van der Waals surface area contributed by atoms with Gasteiger partial charge in [0.05, 0.1) is 6.10 Å². The van der Waals surface area contributed by atoms with Gasteiger partial charge in [-0.2, -0.15) is 0 Å². The summed E-state index contributed by atoms with van der Waals surface area (Å²) in [6, 6.07) is 4.07. The van der Waals surface area contributed by atoms with Crippen molar-refractivity contribution in [3.8, 4) is 0 Å². The second-order valence-corrected chi connectivity index (χ2v) is 4.60. The Morgan fingerprint density at radius 3 is 2.94 bits per heavy atom. The van der Waals surface area contributed by atoms with Gasteiger partial charge in [0.15, 0.2) is 0 Å². The minimum atomic E-state index is 0.365. The minimum Gasteiger partial charge on any atom is -0.376 e. The molecule has 1 aromatic heterocycles. The minimum absolute atomic E-state index is 0.365. The second kappa shape index (κ2) is 6.22. The first kappa shape index (κ1) is 12.7. The first-order valence-electron chi connectivity index (χ1n) is 6.21. The summed E-state index contributed by atoms with van der Waals surface area (Å²) in [6.07, 6.45) is 4.56. The zero-order chi connectivity index (χ0) is 12.1. The summed E-state index contributed by atoms with van der Waals surface area (Å²) in [5, 5.41) is 0. The molecule has 2 rings (SSSR count). The van der Waals surface area contributed by atoms with Gasteiger partial charge in [0.25, 0.3) is 0 Å². The van der Waals surface area contributed by atoms with Crippen molar-refractivity contribution in [1.29, 1.82) is 0 Å². The maximum absolute atomic E-state index is 5.76. The molecule has 1 atom stereocenters. The third kappa shape index (κ3) is 3.33. The van der Waals surface area contributed by atoms with Gasteiger partial charge in [-0.15, -0.1) is 11.6 Å². The van der Waals surface area contributed by atoms with E-state index in [4.69, 9.17) is 16.3 Å². The van der Waals surface area contributed by atoms with Gasteiger partial charge in [0.1, 0.15) is 5.82 Å². The van der Waals surface area contributed by atoms with E-state index in [9.17, 15) is 0 Å². The molecule has 1 aromatic rings. The van der Waals surface area contributed by atoms with Gasteiger partial charge in [0.2, 0.25) is 0 Å². The van der Waals surface area contributed by atoms with E-state index in [-0.39, 0.29) is 0 Å². The number of halogens is 1. The summed E-state index contributed by atoms with van der Waals surface area (Å²) >= 11 is 5.76. The molecule has 1 saturated heterocycles. The van der Waals surface area contributed by atoms with Crippen LogP contribution in [0.3, 0.4) is 0 Å². The van der Waals surface area contributed by atoms with E-state index in [0.717, 1.165) is 37.5 Å². The highest BCUT2D eigenvalue weighted by atomic mass is 35.5. The molecular formula is C13H19ClN2O. The number of rotatable bonds is 5. The molecule has 0 amide bonds. The summed E-state index contributed by atoms with van der Waals surface area (Å²) in [5.41, 5.74) is 1.06. The molecule has 0 aromatic carbocycles. The molecule has 0 aliphatic carbocycles. The number of hydrogen-bond acceptors (Lipinski definition) is 3. The van der Waals surface area contributed by atoms with E-state index in [1.165, 1.54) is 6.42 Å². The monoisotopic (exact) mass is 254 g/mol. The third-order valence-corrected chi connectivity index (χ3v) is 3.43. The van der Waals surface area contributed by atoms with Gasteiger partial charge in [-0.1, -0.05) is 6.07 Å². The standard InChI is InChI=1S/C13H19ClN2O/c1-2-16(10-12-4-3-7-17-12)13-6-5-11(8-14)9-15-13/h5-6,9,12H,2-4,7-8,10H2,1H3. The fraction of sp³-hybridized carbons (Fsp3) is 0.615. The number of likely N-dealkylation sites (N-methyl/N-ethyl adjacent to an activating group) is 1. The molecule has 0 bridgehead atoms. The summed E-state index contributed by atoms with van der Waals surface area (Å²) < 4.78 is 5.66. The van der Waals surface area contributed by atoms with Crippen molar-refractivity contribution in [2.75, 3.05) is 24.6 Å². The smallest absolute Gasteiger partial charge is 0.128 e. The van der Waals surface area contributed by atoms with E-state index in [1.807, 2.05) is 18.3 Å². The Hall–Kier alpha value is -0.800. The lowest BCUT2D eigenvalue weighted by Crippen LogP contribution is -2.32. The molecule has 2 heterocycles. The zero-order valence-corrected chi connectivity index (χ0v) is 11.0. The zero-order valence-electron chi connectivity index (χ0n) is 10.2. The van der Waals surface area contributed by atoms with E-state index >= 15 is 0 Å². The summed E-state index contributed by atoms with van der Waals surface area (Å²) in [7, 11) is 0. The number of anilines is 1. The van der Waals surface area contributed by atoms with Crippen LogP contribution in [0.4, 0.5) is 5.82 Å². The van der Waals surface area contributed by atoms with Crippen LogP contribution >= 0.6 is 11.6 Å². The summed E-state index contributed by atoms with van der Waals surface area (Å²) in [5.74, 6) is 1.53. The molecule has 17 heavy (non-hydrogen) atoms. The topological polar surface area (TPSA) is 25.4 Å². The van der Waals surface area contributed by atoms with Gasteiger partial charge in [-0.05, 0) is 31.4 Å². The van der Waals surface area contributed by atoms with Gasteiger partial charge in [-0.25, -0.2) is 4.98 Å². The average Bonchev–Trinajstić information content (AvgIpc) is 2.89. The Bertz CT molecular complexity index is 336. The van der Waals surface area contributed by atoms with Gasteiger partial charge in [0, 0.05) is 31.8 Å². The van der Waals surface area contributed by atoms with Crippen molar-refractivity contribution in [2.24, 2.45) is 0 Å². The molecule has 0 spiro atoms. The molecule has 94 valence electrons. The van der Waals surface area contributed by atoms with Crippen LogP contribution in [-0.4, -0.2) is 30.8 Å². The fourth-order valence-corrected chi connectivity index (χ4v) is 2.26. The maximum atomic E-state index is 5.76. The lowest BCUT2D eigenvalue weighted by molar-refractivity contribution is 0.115. The normalized spacial score (nSPS) is 19.5. The van der Waals surface area contributed by atoms with Gasteiger partial charge in [-0.3, -0.25) is 0 Å². The van der Waals surface area contributed by atoms with Crippen LogP contribution in [0, 0.1) is 0 Å². The Morgan fingerprint density at radius 1 is 1.53 bits per heavy atom. The SMILES string of the molecule is CCN(CC1CCCO1)c1ccc(CCl)cn1. The van der Waals surface area contributed by atoms with Crippen LogP contribution in [0.5, 0.6) is 0 Å². The highest BCUT2D eigenvalue weighted by molar-refractivity contribution is 6.17. The van der Waals surface area contributed by atoms with E-state index in [0.29, 0.717) is 12.0 Å². The number of hydrogen-bond donors (Lipinski definition) is 0. The molecular weight excluding hydrogens is 236 g/mol. The Balaban J connectivity index is 2.00. The van der Waals surface area contributed by atoms with Crippen LogP contribution in [0.1, 0.15) is 25.3 Å². The van der Waals surface area contributed by atoms with Crippen molar-refractivity contribution in [2.45, 2.75) is 31.7 Å². The predicted molar refractivity (Wildman–Crippen MR) is 70.7 cm³/mol. The molecule has 0 N–H and O–H groups in total. The van der Waals surface area contributed by atoms with Crippen LogP contribution in [-0.2, 0) is 10.6 Å². The van der Waals surface area contributed by atoms with Crippen molar-refractivity contribution in [1.82, 2.24) is 4.98 Å². The maximum Gasteiger partial charge on any atom is 0.128 e. The van der Waals surface area contributed by atoms with Crippen LogP contribution in [0.15, 0.2) is 18.3 Å². The largest absolute Gasteiger partial charge is 0.376 e. The van der Waals surface area contributed by atoms with Crippen LogP contribution < -0.4 is 4.90 Å². The third-order valence-electron chi connectivity index (χ3n) is 3.12. The van der Waals surface area contributed by atoms with Crippen LogP contribution in [0.25, 0.3) is 0 Å². The van der Waals surface area contributed by atoms with Crippen molar-refractivity contribution in [3.63, 3.8) is 0 Å².